The number of hydrogen-bond donors (Lipinski definition) is 2. The van der Waals surface area contributed by atoms with Crippen molar-refractivity contribution in [2.24, 2.45) is 5.92 Å². The van der Waals surface area contributed by atoms with Crippen molar-refractivity contribution >= 4 is 24.6 Å². The Labute approximate surface area is 203 Å². The highest BCUT2D eigenvalue weighted by Crippen LogP contribution is 2.62. The smallest absolute Gasteiger partial charge is 0.327 e. The molecule has 5 rings (SSSR count). The number of carbonyl (C=O) groups is 3. The first kappa shape index (κ1) is 26.0. The molecule has 0 radical (unpaired) electrons. The number of carboxylic acids is 1. The van der Waals surface area contributed by atoms with Gasteiger partial charge in [0, 0.05) is 42.9 Å². The zero-order chi connectivity index (χ0) is 25.9. The zero-order valence-corrected chi connectivity index (χ0v) is 20.0. The molecule has 4 aliphatic rings. The Kier molecular flexibility index (Phi) is 7.64. The maximum atomic E-state index is 11.7. The number of likely N-dealkylation sites (N-methyl/N-ethyl adjacent to an activating group) is 1. The van der Waals surface area contributed by atoms with Crippen LogP contribution in [0.15, 0.2) is 36.9 Å². The van der Waals surface area contributed by atoms with E-state index in [4.69, 9.17) is 24.5 Å². The van der Waals surface area contributed by atoms with Crippen LogP contribution in [-0.2, 0) is 31.0 Å². The standard InChI is InChI=1S/C21H23NO5.C3H4O2.CH3NO/c1-11(23)25-16-6-4-13-10-15-14-5-7-17(26-12(2)24)20-21(14,8-9-22(15)3)18(13)19(16)27-20;1-2-3(4)5;1-2-3/h4-7,14-15,17,20H,8-10H2,1-3H3;2H,1H2,(H,4,5);2H,1H2/t14-,15+,17-,20-,21-;;/m0../s1. The molecule has 2 heterocycles. The van der Waals surface area contributed by atoms with E-state index in [1.165, 1.54) is 24.6 Å². The van der Waals surface area contributed by atoms with Crippen molar-refractivity contribution in [2.75, 3.05) is 13.6 Å². The number of piperidine rings is 1. The molecule has 188 valence electrons. The van der Waals surface area contributed by atoms with Crippen molar-refractivity contribution in [3.63, 3.8) is 0 Å². The van der Waals surface area contributed by atoms with Crippen LogP contribution < -0.4 is 14.6 Å². The number of ether oxygens (including phenoxy) is 3. The molecule has 5 atom stereocenters. The van der Waals surface area contributed by atoms with Crippen LogP contribution in [0.5, 0.6) is 11.5 Å². The number of carbonyl (C=O) groups excluding carboxylic acids is 2. The third-order valence-corrected chi connectivity index (χ3v) is 6.85. The summed E-state index contributed by atoms with van der Waals surface area (Å²) in [4.78, 5) is 34.9. The summed E-state index contributed by atoms with van der Waals surface area (Å²) in [6, 6.07) is 4.28. The molecule has 10 heteroatoms. The average Bonchev–Trinajstić information content (AvgIpc) is 3.14. The van der Waals surface area contributed by atoms with Crippen LogP contribution in [0.1, 0.15) is 31.4 Å². The van der Waals surface area contributed by atoms with E-state index in [1.54, 1.807) is 0 Å². The van der Waals surface area contributed by atoms with E-state index < -0.39 is 12.1 Å². The summed E-state index contributed by atoms with van der Waals surface area (Å²) >= 11 is 0. The fraction of sp³-hybridized carbons (Fsp3) is 0.440. The number of carboxylic acid groups (broad SMARTS) is 1. The first-order valence-corrected chi connectivity index (χ1v) is 11.2. The minimum absolute atomic E-state index is 0.245. The van der Waals surface area contributed by atoms with Crippen molar-refractivity contribution in [3.8, 4) is 11.5 Å². The van der Waals surface area contributed by atoms with Crippen LogP contribution in [0.4, 0.5) is 0 Å². The van der Waals surface area contributed by atoms with Crippen LogP contribution in [0, 0.1) is 11.1 Å². The second kappa shape index (κ2) is 10.3. The SMILES string of the molecule is C=CC(=O)O.C=[NH+][O-].CC(=O)Oc1ccc2c3c1O[C@H]1[C@@H](OC(C)=O)C=C[C@H]4[C@@H](C2)N(C)CC[C@@]341. The van der Waals surface area contributed by atoms with E-state index in [-0.39, 0.29) is 29.4 Å². The Morgan fingerprint density at radius 2 is 1.94 bits per heavy atom. The predicted octanol–water partition coefficient (Wildman–Crippen LogP) is 0.511. The molecule has 2 bridgehead atoms. The van der Waals surface area contributed by atoms with E-state index in [2.05, 4.69) is 37.4 Å². The Hall–Kier alpha value is -3.66. The number of nitrogens with one attached hydrogen (secondary N) is 1. The van der Waals surface area contributed by atoms with Gasteiger partial charge in [0.2, 0.25) is 0 Å². The minimum atomic E-state index is -0.981. The normalized spacial score (nSPS) is 28.4. The monoisotopic (exact) mass is 486 g/mol. The summed E-state index contributed by atoms with van der Waals surface area (Å²) in [7, 11) is 2.17. The number of hydrogen-bond acceptors (Lipinski definition) is 8. The molecule has 0 aromatic heterocycles. The maximum absolute atomic E-state index is 11.7. The summed E-state index contributed by atoms with van der Waals surface area (Å²) in [6.45, 7) is 9.42. The summed E-state index contributed by atoms with van der Waals surface area (Å²) in [6.07, 6.45) is 6.14. The van der Waals surface area contributed by atoms with Gasteiger partial charge in [0.25, 0.3) is 0 Å². The van der Waals surface area contributed by atoms with E-state index in [1.807, 2.05) is 12.1 Å². The Morgan fingerprint density at radius 3 is 2.51 bits per heavy atom. The van der Waals surface area contributed by atoms with Crippen molar-refractivity contribution in [3.05, 3.63) is 53.3 Å². The van der Waals surface area contributed by atoms with Crippen molar-refractivity contribution < 1.29 is 38.9 Å². The van der Waals surface area contributed by atoms with Crippen LogP contribution in [0.2, 0.25) is 0 Å². The summed E-state index contributed by atoms with van der Waals surface area (Å²) in [5.74, 6) is -0.270. The van der Waals surface area contributed by atoms with Gasteiger partial charge in [-0.3, -0.25) is 9.59 Å². The van der Waals surface area contributed by atoms with Gasteiger partial charge in [-0.05, 0) is 44.1 Å². The van der Waals surface area contributed by atoms with Crippen LogP contribution in [0.25, 0.3) is 0 Å². The Bertz CT molecular complexity index is 1070. The fourth-order valence-electron chi connectivity index (χ4n) is 5.74. The summed E-state index contributed by atoms with van der Waals surface area (Å²) < 4.78 is 17.5. The maximum Gasteiger partial charge on any atom is 0.327 e. The van der Waals surface area contributed by atoms with E-state index >= 15 is 0 Å². The molecule has 35 heavy (non-hydrogen) atoms. The van der Waals surface area contributed by atoms with Gasteiger partial charge in [-0.15, -0.1) is 0 Å². The molecule has 2 aliphatic carbocycles. The lowest BCUT2D eigenvalue weighted by Gasteiger charge is -2.56. The van der Waals surface area contributed by atoms with Gasteiger partial charge in [0.15, 0.2) is 17.6 Å². The second-order valence-corrected chi connectivity index (χ2v) is 8.77. The molecule has 0 saturated carbocycles. The molecule has 1 saturated heterocycles. The topological polar surface area (TPSA) is 139 Å². The third kappa shape index (κ3) is 4.66. The van der Waals surface area contributed by atoms with E-state index in [0.717, 1.165) is 31.0 Å². The molecule has 1 aromatic rings. The van der Waals surface area contributed by atoms with E-state index in [0.29, 0.717) is 17.5 Å². The van der Waals surface area contributed by atoms with Crippen molar-refractivity contribution in [1.29, 1.82) is 0 Å². The molecule has 0 unspecified atom stereocenters. The van der Waals surface area contributed by atoms with Gasteiger partial charge in [0.05, 0.1) is 0 Å². The first-order chi connectivity index (χ1) is 16.6. The summed E-state index contributed by atoms with van der Waals surface area (Å²) in [5, 5.41) is 17.4. The highest BCUT2D eigenvalue weighted by molar-refractivity contribution is 5.78. The molecular formula is C25H30N2O8. The van der Waals surface area contributed by atoms with Crippen LogP contribution in [-0.4, -0.2) is 66.5 Å². The zero-order valence-electron chi connectivity index (χ0n) is 20.0. The first-order valence-electron chi connectivity index (χ1n) is 11.2. The van der Waals surface area contributed by atoms with Crippen LogP contribution >= 0.6 is 0 Å². The average molecular weight is 487 g/mol. The lowest BCUT2D eigenvalue weighted by Crippen LogP contribution is -2.65. The summed E-state index contributed by atoms with van der Waals surface area (Å²) in [5.41, 5.74) is 2.15. The lowest BCUT2D eigenvalue weighted by molar-refractivity contribution is -0.361. The van der Waals surface area contributed by atoms with Gasteiger partial charge in [-0.1, -0.05) is 18.7 Å². The van der Waals surface area contributed by atoms with Gasteiger partial charge in [0.1, 0.15) is 12.8 Å². The van der Waals surface area contributed by atoms with E-state index in [9.17, 15) is 14.4 Å². The quantitative estimate of drug-likeness (QED) is 0.119. The molecule has 1 fully saturated rings. The number of rotatable bonds is 3. The number of esters is 2. The van der Waals surface area contributed by atoms with Crippen molar-refractivity contribution in [2.45, 2.75) is 50.4 Å². The molecule has 1 spiro atoms. The number of likely N-dealkylation sites (tertiary alicyclic amines) is 1. The molecule has 10 nitrogen and oxygen atoms in total. The molecule has 2 N–H and O–H groups in total. The highest BCUT2D eigenvalue weighted by atomic mass is 16.6. The number of aliphatic carboxylic acids is 1. The largest absolute Gasteiger partial charge is 0.626 e. The van der Waals surface area contributed by atoms with Crippen LogP contribution in [0.3, 0.4) is 0 Å². The molecular weight excluding hydrogens is 456 g/mol. The second-order valence-electron chi connectivity index (χ2n) is 8.77. The van der Waals surface area contributed by atoms with Gasteiger partial charge in [-0.25, -0.2) is 9.95 Å². The fourth-order valence-corrected chi connectivity index (χ4v) is 5.74. The number of nitrogens with zero attached hydrogens (tertiary/aromatic N) is 1. The predicted molar refractivity (Wildman–Crippen MR) is 126 cm³/mol. The van der Waals surface area contributed by atoms with Gasteiger partial charge in [-0.2, -0.15) is 0 Å². The lowest BCUT2D eigenvalue weighted by atomic mass is 9.53. The van der Waals surface area contributed by atoms with Gasteiger partial charge < -0.3 is 29.4 Å². The Morgan fingerprint density at radius 1 is 1.29 bits per heavy atom. The molecule has 2 aliphatic heterocycles. The highest BCUT2D eigenvalue weighted by Gasteiger charge is 2.65. The molecule has 1 aromatic carbocycles. The third-order valence-electron chi connectivity index (χ3n) is 6.85. The van der Waals surface area contributed by atoms with Crippen molar-refractivity contribution in [1.82, 2.24) is 4.90 Å². The molecule has 0 amide bonds. The minimum Gasteiger partial charge on any atom is -0.626 e. The Balaban J connectivity index is 0.000000377. The van der Waals surface area contributed by atoms with Gasteiger partial charge >= 0.3 is 17.9 Å². The number of benzene rings is 1.